The highest BCUT2D eigenvalue weighted by molar-refractivity contribution is 7.16. The Kier molecular flexibility index (Phi) is 5.78. The van der Waals surface area contributed by atoms with Crippen LogP contribution in [0.15, 0.2) is 24.3 Å². The predicted molar refractivity (Wildman–Crippen MR) is 97.1 cm³/mol. The van der Waals surface area contributed by atoms with E-state index in [-0.39, 0.29) is 18.4 Å². The zero-order valence-electron chi connectivity index (χ0n) is 14.5. The molecule has 2 aromatic rings. The van der Waals surface area contributed by atoms with Crippen LogP contribution in [0.1, 0.15) is 26.4 Å². The van der Waals surface area contributed by atoms with Crippen molar-refractivity contribution in [2.24, 2.45) is 0 Å². The lowest BCUT2D eigenvalue weighted by molar-refractivity contribution is -0.130. The van der Waals surface area contributed by atoms with Crippen LogP contribution in [0.2, 0.25) is 0 Å². The second-order valence-corrected chi connectivity index (χ2v) is 6.88. The van der Waals surface area contributed by atoms with Crippen molar-refractivity contribution in [2.45, 2.75) is 13.8 Å². The summed E-state index contributed by atoms with van der Waals surface area (Å²) >= 11 is 1.37. The van der Waals surface area contributed by atoms with Gasteiger partial charge in [0.15, 0.2) is 6.61 Å². The lowest BCUT2D eigenvalue weighted by atomic mass is 10.1. The SMILES string of the molecule is Cc1sc(NC(=O)c2cccc(OCC(=O)N(C)C)c2)c(C#N)c1C. The highest BCUT2D eigenvalue weighted by Gasteiger charge is 2.16. The molecule has 0 bridgehead atoms. The predicted octanol–water partition coefficient (Wildman–Crippen LogP) is 2.96. The fourth-order valence-corrected chi connectivity index (χ4v) is 3.03. The third-order valence-corrected chi connectivity index (χ3v) is 4.80. The van der Waals surface area contributed by atoms with Crippen LogP contribution in [-0.4, -0.2) is 37.4 Å². The number of rotatable bonds is 5. The van der Waals surface area contributed by atoms with Crippen molar-refractivity contribution in [1.29, 1.82) is 5.26 Å². The average Bonchev–Trinajstić information content (AvgIpc) is 2.86. The van der Waals surface area contributed by atoms with Gasteiger partial charge in [0, 0.05) is 24.5 Å². The first-order valence-electron chi connectivity index (χ1n) is 7.58. The molecule has 1 N–H and O–H groups in total. The Hall–Kier alpha value is -2.85. The van der Waals surface area contributed by atoms with Crippen molar-refractivity contribution in [3.05, 3.63) is 45.8 Å². The summed E-state index contributed by atoms with van der Waals surface area (Å²) in [5.74, 6) is -0.0675. The minimum atomic E-state index is -0.331. The maximum absolute atomic E-state index is 12.5. The van der Waals surface area contributed by atoms with E-state index in [1.807, 2.05) is 13.8 Å². The summed E-state index contributed by atoms with van der Waals surface area (Å²) in [6.07, 6.45) is 0. The van der Waals surface area contributed by atoms with E-state index < -0.39 is 0 Å². The van der Waals surface area contributed by atoms with Crippen LogP contribution in [0.5, 0.6) is 5.75 Å². The number of nitrogens with one attached hydrogen (secondary N) is 1. The van der Waals surface area contributed by atoms with Gasteiger partial charge in [-0.15, -0.1) is 11.3 Å². The molecule has 7 heteroatoms. The molecular weight excluding hydrogens is 338 g/mol. The van der Waals surface area contributed by atoms with Gasteiger partial charge in [-0.2, -0.15) is 5.26 Å². The van der Waals surface area contributed by atoms with Gasteiger partial charge in [-0.3, -0.25) is 9.59 Å². The van der Waals surface area contributed by atoms with Crippen LogP contribution in [0.4, 0.5) is 5.00 Å². The number of aryl methyl sites for hydroxylation is 1. The molecule has 0 fully saturated rings. The lowest BCUT2D eigenvalue weighted by Gasteiger charge is -2.12. The average molecular weight is 357 g/mol. The van der Waals surface area contributed by atoms with Crippen LogP contribution in [0.3, 0.4) is 0 Å². The van der Waals surface area contributed by atoms with Crippen molar-refractivity contribution in [2.75, 3.05) is 26.0 Å². The van der Waals surface area contributed by atoms with Crippen molar-refractivity contribution < 1.29 is 14.3 Å². The third-order valence-electron chi connectivity index (χ3n) is 3.68. The largest absolute Gasteiger partial charge is 0.484 e. The Bertz CT molecular complexity index is 850. The first-order chi connectivity index (χ1) is 11.8. The number of carbonyl (C=O) groups is 2. The molecule has 130 valence electrons. The monoisotopic (exact) mass is 357 g/mol. The molecular formula is C18H19N3O3S. The number of nitrogens with zero attached hydrogens (tertiary/aromatic N) is 2. The number of nitriles is 1. The van der Waals surface area contributed by atoms with Gasteiger partial charge in [-0.25, -0.2) is 0 Å². The topological polar surface area (TPSA) is 82.4 Å². The lowest BCUT2D eigenvalue weighted by Crippen LogP contribution is -2.27. The van der Waals surface area contributed by atoms with E-state index in [0.29, 0.717) is 21.9 Å². The summed E-state index contributed by atoms with van der Waals surface area (Å²) < 4.78 is 5.42. The van der Waals surface area contributed by atoms with Crippen molar-refractivity contribution in [3.63, 3.8) is 0 Å². The van der Waals surface area contributed by atoms with Crippen LogP contribution in [0, 0.1) is 25.2 Å². The molecule has 1 heterocycles. The van der Waals surface area contributed by atoms with E-state index >= 15 is 0 Å². The summed E-state index contributed by atoms with van der Waals surface area (Å²) in [5, 5.41) is 12.6. The minimum absolute atomic E-state index is 0.0973. The molecule has 0 atom stereocenters. The molecule has 0 aliphatic heterocycles. The van der Waals surface area contributed by atoms with E-state index in [1.54, 1.807) is 38.4 Å². The Morgan fingerprint density at radius 2 is 2.04 bits per heavy atom. The number of likely N-dealkylation sites (N-methyl/N-ethyl adjacent to an activating group) is 1. The van der Waals surface area contributed by atoms with Crippen molar-refractivity contribution in [3.8, 4) is 11.8 Å². The summed E-state index contributed by atoms with van der Waals surface area (Å²) in [6, 6.07) is 8.70. The quantitative estimate of drug-likeness (QED) is 0.892. The zero-order chi connectivity index (χ0) is 18.6. The van der Waals surface area contributed by atoms with E-state index in [1.165, 1.54) is 16.2 Å². The third kappa shape index (κ3) is 4.37. The zero-order valence-corrected chi connectivity index (χ0v) is 15.4. The summed E-state index contributed by atoms with van der Waals surface area (Å²) in [4.78, 5) is 26.5. The smallest absolute Gasteiger partial charge is 0.259 e. The number of thiophene rings is 1. The van der Waals surface area contributed by atoms with Crippen LogP contribution >= 0.6 is 11.3 Å². The second kappa shape index (κ2) is 7.81. The van der Waals surface area contributed by atoms with Gasteiger partial charge in [0.1, 0.15) is 16.8 Å². The number of carbonyl (C=O) groups excluding carboxylic acids is 2. The number of benzene rings is 1. The molecule has 0 spiro atoms. The molecule has 6 nitrogen and oxygen atoms in total. The molecule has 0 saturated heterocycles. The standard InChI is InChI=1S/C18H19N3O3S/c1-11-12(2)25-18(15(11)9-19)20-17(23)13-6-5-7-14(8-13)24-10-16(22)21(3)4/h5-8H,10H2,1-4H3,(H,20,23). The molecule has 0 radical (unpaired) electrons. The van der Waals surface area contributed by atoms with Gasteiger partial charge in [-0.05, 0) is 37.6 Å². The molecule has 0 aliphatic rings. The van der Waals surface area contributed by atoms with Crippen LogP contribution in [-0.2, 0) is 4.79 Å². The normalized spacial score (nSPS) is 10.0. The highest BCUT2D eigenvalue weighted by atomic mass is 32.1. The Balaban J connectivity index is 2.13. The van der Waals surface area contributed by atoms with E-state index in [0.717, 1.165) is 10.4 Å². The van der Waals surface area contributed by atoms with E-state index in [4.69, 9.17) is 4.74 Å². The number of hydrogen-bond acceptors (Lipinski definition) is 5. The van der Waals surface area contributed by atoms with Crippen molar-refractivity contribution >= 4 is 28.2 Å². The van der Waals surface area contributed by atoms with Gasteiger partial charge in [0.05, 0.1) is 5.56 Å². The molecule has 1 aromatic heterocycles. The maximum atomic E-state index is 12.5. The second-order valence-electron chi connectivity index (χ2n) is 5.66. The van der Waals surface area contributed by atoms with Crippen molar-refractivity contribution in [1.82, 2.24) is 4.90 Å². The molecule has 0 unspecified atom stereocenters. The number of anilines is 1. The first kappa shape index (κ1) is 18.5. The summed E-state index contributed by atoms with van der Waals surface area (Å²) in [5.41, 5.74) is 1.75. The molecule has 0 saturated carbocycles. The molecule has 1 aromatic carbocycles. The molecule has 2 amide bonds. The number of ether oxygens (including phenoxy) is 1. The summed E-state index contributed by atoms with van der Waals surface area (Å²) in [6.45, 7) is 3.67. The number of hydrogen-bond donors (Lipinski definition) is 1. The molecule has 2 rings (SSSR count). The van der Waals surface area contributed by atoms with Gasteiger partial charge in [0.2, 0.25) is 0 Å². The maximum Gasteiger partial charge on any atom is 0.259 e. The Morgan fingerprint density at radius 1 is 1.32 bits per heavy atom. The minimum Gasteiger partial charge on any atom is -0.484 e. The fourth-order valence-electron chi connectivity index (χ4n) is 2.03. The van der Waals surface area contributed by atoms with Gasteiger partial charge in [-0.1, -0.05) is 6.07 Å². The van der Waals surface area contributed by atoms with Crippen LogP contribution < -0.4 is 10.1 Å². The Labute approximate surface area is 150 Å². The van der Waals surface area contributed by atoms with Gasteiger partial charge >= 0.3 is 0 Å². The molecule has 25 heavy (non-hydrogen) atoms. The fraction of sp³-hybridized carbons (Fsp3) is 0.278. The van der Waals surface area contributed by atoms with E-state index in [9.17, 15) is 14.9 Å². The van der Waals surface area contributed by atoms with Gasteiger partial charge in [0.25, 0.3) is 11.8 Å². The first-order valence-corrected chi connectivity index (χ1v) is 8.39. The Morgan fingerprint density at radius 3 is 2.68 bits per heavy atom. The number of amides is 2. The highest BCUT2D eigenvalue weighted by Crippen LogP contribution is 2.32. The summed E-state index contributed by atoms with van der Waals surface area (Å²) in [7, 11) is 3.29. The van der Waals surface area contributed by atoms with E-state index in [2.05, 4.69) is 11.4 Å². The van der Waals surface area contributed by atoms with Crippen LogP contribution in [0.25, 0.3) is 0 Å². The van der Waals surface area contributed by atoms with Gasteiger partial charge < -0.3 is 15.0 Å². The molecule has 0 aliphatic carbocycles.